The Morgan fingerprint density at radius 3 is 2.69 bits per heavy atom. The number of halogens is 1. The van der Waals surface area contributed by atoms with Gasteiger partial charge in [-0.1, -0.05) is 13.8 Å². The standard InChI is InChI=1S/C11H16BrN3O/c1-6(2)9(13)11(16)15-10-7(3)4-8(12)5-14-10/h4-6,9H,13H2,1-3H3,(H,14,15,16)/t9-/m1/s1. The molecule has 1 rings (SSSR count). The van der Waals surface area contributed by atoms with Gasteiger partial charge in [0.25, 0.3) is 0 Å². The first-order valence-corrected chi connectivity index (χ1v) is 5.89. The molecular weight excluding hydrogens is 270 g/mol. The van der Waals surface area contributed by atoms with Crippen LogP contribution in [-0.4, -0.2) is 16.9 Å². The van der Waals surface area contributed by atoms with Gasteiger partial charge in [-0.05, 0) is 40.4 Å². The second-order valence-corrected chi connectivity index (χ2v) is 4.99. The van der Waals surface area contributed by atoms with Crippen molar-refractivity contribution < 1.29 is 4.79 Å². The predicted octanol–water partition coefficient (Wildman–Crippen LogP) is 2.07. The molecule has 1 heterocycles. The summed E-state index contributed by atoms with van der Waals surface area (Å²) in [4.78, 5) is 15.8. The van der Waals surface area contributed by atoms with Crippen LogP contribution in [0.15, 0.2) is 16.7 Å². The Kier molecular flexibility index (Phi) is 4.44. The summed E-state index contributed by atoms with van der Waals surface area (Å²) >= 11 is 3.31. The number of aromatic nitrogens is 1. The Balaban J connectivity index is 2.77. The second-order valence-electron chi connectivity index (χ2n) is 4.08. The summed E-state index contributed by atoms with van der Waals surface area (Å²) in [6, 6.07) is 1.38. The SMILES string of the molecule is Cc1cc(Br)cnc1NC(=O)[C@H](N)C(C)C. The lowest BCUT2D eigenvalue weighted by Crippen LogP contribution is -2.40. The molecule has 0 aromatic carbocycles. The quantitative estimate of drug-likeness (QED) is 0.893. The van der Waals surface area contributed by atoms with Gasteiger partial charge in [-0.3, -0.25) is 4.79 Å². The number of nitrogens with two attached hydrogens (primary N) is 1. The van der Waals surface area contributed by atoms with E-state index in [0.717, 1.165) is 10.0 Å². The van der Waals surface area contributed by atoms with Crippen molar-refractivity contribution in [2.75, 3.05) is 5.32 Å². The summed E-state index contributed by atoms with van der Waals surface area (Å²) in [6.07, 6.45) is 1.64. The van der Waals surface area contributed by atoms with Crippen LogP contribution in [0.2, 0.25) is 0 Å². The van der Waals surface area contributed by atoms with Gasteiger partial charge in [0.2, 0.25) is 5.91 Å². The lowest BCUT2D eigenvalue weighted by Gasteiger charge is -2.15. The lowest BCUT2D eigenvalue weighted by atomic mass is 10.1. The Morgan fingerprint density at radius 1 is 1.56 bits per heavy atom. The molecule has 0 saturated carbocycles. The molecule has 0 saturated heterocycles. The molecule has 1 atom stereocenters. The zero-order valence-electron chi connectivity index (χ0n) is 9.62. The third-order valence-electron chi connectivity index (χ3n) is 2.31. The number of rotatable bonds is 3. The van der Waals surface area contributed by atoms with Gasteiger partial charge in [0.05, 0.1) is 6.04 Å². The van der Waals surface area contributed by atoms with E-state index in [2.05, 4.69) is 26.2 Å². The van der Waals surface area contributed by atoms with E-state index in [1.807, 2.05) is 26.8 Å². The third-order valence-corrected chi connectivity index (χ3v) is 2.74. The van der Waals surface area contributed by atoms with E-state index in [1.54, 1.807) is 6.20 Å². The predicted molar refractivity (Wildman–Crippen MR) is 68.1 cm³/mol. The van der Waals surface area contributed by atoms with Gasteiger partial charge in [-0.25, -0.2) is 4.98 Å². The van der Waals surface area contributed by atoms with Crippen molar-refractivity contribution in [2.45, 2.75) is 26.8 Å². The van der Waals surface area contributed by atoms with E-state index in [0.29, 0.717) is 5.82 Å². The molecular formula is C11H16BrN3O. The number of pyridine rings is 1. The number of anilines is 1. The smallest absolute Gasteiger partial charge is 0.242 e. The molecule has 0 bridgehead atoms. The normalized spacial score (nSPS) is 12.6. The number of amides is 1. The number of carbonyl (C=O) groups is 1. The van der Waals surface area contributed by atoms with Crippen LogP contribution in [0.3, 0.4) is 0 Å². The van der Waals surface area contributed by atoms with Crippen molar-refractivity contribution in [3.8, 4) is 0 Å². The Morgan fingerprint density at radius 2 is 2.19 bits per heavy atom. The maximum atomic E-state index is 11.7. The van der Waals surface area contributed by atoms with Crippen molar-refractivity contribution in [2.24, 2.45) is 11.7 Å². The van der Waals surface area contributed by atoms with Crippen molar-refractivity contribution in [3.63, 3.8) is 0 Å². The molecule has 0 fully saturated rings. The minimum Gasteiger partial charge on any atom is -0.320 e. The molecule has 0 radical (unpaired) electrons. The molecule has 0 unspecified atom stereocenters. The third kappa shape index (κ3) is 3.28. The van der Waals surface area contributed by atoms with Gasteiger partial charge in [-0.2, -0.15) is 0 Å². The number of carbonyl (C=O) groups excluding carboxylic acids is 1. The van der Waals surface area contributed by atoms with Crippen LogP contribution < -0.4 is 11.1 Å². The first-order valence-electron chi connectivity index (χ1n) is 5.10. The molecule has 88 valence electrons. The van der Waals surface area contributed by atoms with E-state index in [-0.39, 0.29) is 11.8 Å². The van der Waals surface area contributed by atoms with E-state index in [4.69, 9.17) is 5.73 Å². The zero-order chi connectivity index (χ0) is 12.3. The number of hydrogen-bond donors (Lipinski definition) is 2. The van der Waals surface area contributed by atoms with Crippen molar-refractivity contribution in [1.82, 2.24) is 4.98 Å². The van der Waals surface area contributed by atoms with Crippen LogP contribution >= 0.6 is 15.9 Å². The molecule has 0 spiro atoms. The molecule has 0 aliphatic rings. The van der Waals surface area contributed by atoms with Crippen molar-refractivity contribution >= 4 is 27.7 Å². The minimum absolute atomic E-state index is 0.107. The highest BCUT2D eigenvalue weighted by Gasteiger charge is 2.18. The fourth-order valence-electron chi connectivity index (χ4n) is 1.17. The number of nitrogens with one attached hydrogen (secondary N) is 1. The highest BCUT2D eigenvalue weighted by Crippen LogP contribution is 2.17. The largest absolute Gasteiger partial charge is 0.320 e. The first kappa shape index (κ1) is 13.1. The Bertz CT molecular complexity index is 393. The minimum atomic E-state index is -0.509. The van der Waals surface area contributed by atoms with Gasteiger partial charge < -0.3 is 11.1 Å². The van der Waals surface area contributed by atoms with Crippen LogP contribution in [0.25, 0.3) is 0 Å². The lowest BCUT2D eigenvalue weighted by molar-refractivity contribution is -0.118. The number of nitrogens with zero attached hydrogens (tertiary/aromatic N) is 1. The van der Waals surface area contributed by atoms with Crippen molar-refractivity contribution in [1.29, 1.82) is 0 Å². The van der Waals surface area contributed by atoms with Crippen LogP contribution in [0, 0.1) is 12.8 Å². The maximum Gasteiger partial charge on any atom is 0.242 e. The topological polar surface area (TPSA) is 68.0 Å². The number of aryl methyl sites for hydroxylation is 1. The fraction of sp³-hybridized carbons (Fsp3) is 0.455. The molecule has 16 heavy (non-hydrogen) atoms. The van der Waals surface area contributed by atoms with Gasteiger partial charge in [0, 0.05) is 10.7 Å². The second kappa shape index (κ2) is 5.41. The summed E-state index contributed by atoms with van der Waals surface area (Å²) in [5.74, 6) is 0.466. The Hall–Kier alpha value is -0.940. The average Bonchev–Trinajstić information content (AvgIpc) is 2.20. The molecule has 0 aliphatic carbocycles. The average molecular weight is 286 g/mol. The van der Waals surface area contributed by atoms with E-state index >= 15 is 0 Å². The van der Waals surface area contributed by atoms with Gasteiger partial charge in [-0.15, -0.1) is 0 Å². The monoisotopic (exact) mass is 285 g/mol. The summed E-state index contributed by atoms with van der Waals surface area (Å²) < 4.78 is 0.885. The van der Waals surface area contributed by atoms with Gasteiger partial charge in [0.1, 0.15) is 5.82 Å². The maximum absolute atomic E-state index is 11.7. The fourth-order valence-corrected chi connectivity index (χ4v) is 1.62. The summed E-state index contributed by atoms with van der Waals surface area (Å²) in [7, 11) is 0. The zero-order valence-corrected chi connectivity index (χ0v) is 11.2. The van der Waals surface area contributed by atoms with Crippen molar-refractivity contribution in [3.05, 3.63) is 22.3 Å². The van der Waals surface area contributed by atoms with Crippen LogP contribution in [-0.2, 0) is 4.79 Å². The van der Waals surface area contributed by atoms with Gasteiger partial charge in [0.15, 0.2) is 0 Å². The van der Waals surface area contributed by atoms with E-state index in [1.165, 1.54) is 0 Å². The van der Waals surface area contributed by atoms with Crippen LogP contribution in [0.4, 0.5) is 5.82 Å². The summed E-state index contributed by atoms with van der Waals surface area (Å²) in [5, 5.41) is 2.72. The molecule has 1 amide bonds. The van der Waals surface area contributed by atoms with Gasteiger partial charge >= 0.3 is 0 Å². The highest BCUT2D eigenvalue weighted by atomic mass is 79.9. The molecule has 1 aromatic heterocycles. The molecule has 1 aromatic rings. The number of hydrogen-bond acceptors (Lipinski definition) is 3. The van der Waals surface area contributed by atoms with E-state index < -0.39 is 6.04 Å². The first-order chi connectivity index (χ1) is 7.41. The van der Waals surface area contributed by atoms with E-state index in [9.17, 15) is 4.79 Å². The summed E-state index contributed by atoms with van der Waals surface area (Å²) in [6.45, 7) is 5.70. The van der Waals surface area contributed by atoms with Crippen LogP contribution in [0.1, 0.15) is 19.4 Å². The highest BCUT2D eigenvalue weighted by molar-refractivity contribution is 9.10. The summed E-state index contributed by atoms with van der Waals surface area (Å²) in [5.41, 5.74) is 6.64. The molecule has 0 aliphatic heterocycles. The Labute approximate surface area is 104 Å². The van der Waals surface area contributed by atoms with Crippen LogP contribution in [0.5, 0.6) is 0 Å². The molecule has 5 heteroatoms. The molecule has 3 N–H and O–H groups in total. The molecule has 4 nitrogen and oxygen atoms in total.